The molecule has 10 heteroatoms. The molecule has 1 aliphatic rings. The van der Waals surface area contributed by atoms with Gasteiger partial charge in [-0.3, -0.25) is 4.79 Å². The highest BCUT2D eigenvalue weighted by Crippen LogP contribution is 2.32. The average Bonchev–Trinajstić information content (AvgIpc) is 2.82. The average molecular weight is 497 g/mol. The smallest absolute Gasteiger partial charge is 0.273 e. The molecule has 1 aromatic heterocycles. The molecular formula is C25H32N6O3S. The molecule has 0 saturated carbocycles. The number of hydrogen-bond donors (Lipinski definition) is 1. The molecule has 3 aromatic rings. The molecule has 0 radical (unpaired) electrons. The van der Waals surface area contributed by atoms with Gasteiger partial charge in [0, 0.05) is 50.7 Å². The van der Waals surface area contributed by atoms with Crippen LogP contribution in [-0.4, -0.2) is 85.2 Å². The largest absolute Gasteiger partial charge is 0.368 e. The van der Waals surface area contributed by atoms with E-state index in [1.807, 2.05) is 27.0 Å². The number of aromatic nitrogens is 2. The molecule has 0 bridgehead atoms. The van der Waals surface area contributed by atoms with Crippen molar-refractivity contribution in [2.45, 2.75) is 18.7 Å². The van der Waals surface area contributed by atoms with Gasteiger partial charge in [-0.1, -0.05) is 38.1 Å². The van der Waals surface area contributed by atoms with E-state index in [2.05, 4.69) is 14.9 Å². The zero-order chi connectivity index (χ0) is 25.3. The van der Waals surface area contributed by atoms with Gasteiger partial charge in [-0.15, -0.1) is 0 Å². The van der Waals surface area contributed by atoms with E-state index in [0.29, 0.717) is 54.8 Å². The van der Waals surface area contributed by atoms with Gasteiger partial charge in [-0.25, -0.2) is 18.4 Å². The molecule has 2 aromatic carbocycles. The number of carbonyl (C=O) groups is 1. The van der Waals surface area contributed by atoms with Crippen molar-refractivity contribution in [2.24, 2.45) is 5.92 Å². The van der Waals surface area contributed by atoms with Crippen LogP contribution in [0.5, 0.6) is 0 Å². The quantitative estimate of drug-likeness (QED) is 0.558. The number of nitrogen functional groups attached to an aromatic ring is 1. The summed E-state index contributed by atoms with van der Waals surface area (Å²) in [6.07, 6.45) is 0. The number of nitrogens with zero attached hydrogens (tertiary/aromatic N) is 5. The summed E-state index contributed by atoms with van der Waals surface area (Å²) >= 11 is 0. The molecule has 1 saturated heterocycles. The van der Waals surface area contributed by atoms with Gasteiger partial charge in [0.1, 0.15) is 5.69 Å². The first-order chi connectivity index (χ1) is 16.6. The monoisotopic (exact) mass is 496 g/mol. The van der Waals surface area contributed by atoms with E-state index in [9.17, 15) is 13.2 Å². The van der Waals surface area contributed by atoms with Crippen molar-refractivity contribution in [3.63, 3.8) is 0 Å². The number of rotatable bonds is 6. The summed E-state index contributed by atoms with van der Waals surface area (Å²) in [5.74, 6) is 0.0505. The van der Waals surface area contributed by atoms with E-state index in [4.69, 9.17) is 5.73 Å². The predicted octanol–water partition coefficient (Wildman–Crippen LogP) is 2.54. The summed E-state index contributed by atoms with van der Waals surface area (Å²) in [4.78, 5) is 25.7. The van der Waals surface area contributed by atoms with Crippen molar-refractivity contribution < 1.29 is 13.2 Å². The van der Waals surface area contributed by atoms with Gasteiger partial charge in [-0.05, 0) is 36.7 Å². The topological polar surface area (TPSA) is 113 Å². The fourth-order valence-electron chi connectivity index (χ4n) is 4.39. The van der Waals surface area contributed by atoms with Crippen LogP contribution in [0, 0.1) is 5.92 Å². The van der Waals surface area contributed by atoms with Gasteiger partial charge in [0.15, 0.2) is 0 Å². The van der Waals surface area contributed by atoms with Crippen LogP contribution in [0.25, 0.3) is 22.0 Å². The summed E-state index contributed by atoms with van der Waals surface area (Å²) in [5, 5.41) is 0.532. The number of sulfonamides is 1. The van der Waals surface area contributed by atoms with Crippen molar-refractivity contribution in [1.29, 1.82) is 0 Å². The fraction of sp³-hybridized carbons (Fsp3) is 0.400. The van der Waals surface area contributed by atoms with Gasteiger partial charge >= 0.3 is 0 Å². The number of piperazine rings is 1. The molecule has 35 heavy (non-hydrogen) atoms. The normalized spacial score (nSPS) is 15.6. The summed E-state index contributed by atoms with van der Waals surface area (Å²) in [7, 11) is 0.0184. The second-order valence-corrected chi connectivity index (χ2v) is 11.4. The minimum Gasteiger partial charge on any atom is -0.368 e. The maximum atomic E-state index is 13.6. The van der Waals surface area contributed by atoms with Crippen molar-refractivity contribution >= 4 is 32.8 Å². The Hall–Kier alpha value is -3.08. The highest BCUT2D eigenvalue weighted by atomic mass is 32.2. The Bertz CT molecular complexity index is 1350. The molecule has 0 aliphatic carbocycles. The second kappa shape index (κ2) is 9.88. The third-order valence-electron chi connectivity index (χ3n) is 6.18. The van der Waals surface area contributed by atoms with E-state index < -0.39 is 10.0 Å². The van der Waals surface area contributed by atoms with Gasteiger partial charge in [0.2, 0.25) is 16.0 Å². The lowest BCUT2D eigenvalue weighted by molar-refractivity contribution is 0.0775. The van der Waals surface area contributed by atoms with E-state index in [1.54, 1.807) is 48.3 Å². The lowest BCUT2D eigenvalue weighted by Crippen LogP contribution is -2.47. The number of anilines is 1. The van der Waals surface area contributed by atoms with E-state index in [0.717, 1.165) is 0 Å². The maximum Gasteiger partial charge on any atom is 0.273 e. The van der Waals surface area contributed by atoms with Crippen molar-refractivity contribution in [3.05, 3.63) is 48.2 Å². The molecule has 1 amide bonds. The summed E-state index contributed by atoms with van der Waals surface area (Å²) < 4.78 is 28.7. The zero-order valence-electron chi connectivity index (χ0n) is 20.6. The van der Waals surface area contributed by atoms with Gasteiger partial charge < -0.3 is 15.5 Å². The Morgan fingerprint density at radius 1 is 1.09 bits per heavy atom. The molecule has 1 fully saturated rings. The lowest BCUT2D eigenvalue weighted by atomic mass is 10.0. The Morgan fingerprint density at radius 3 is 2.46 bits per heavy atom. The number of hydrogen-bond acceptors (Lipinski definition) is 7. The summed E-state index contributed by atoms with van der Waals surface area (Å²) in [6.45, 7) is 6.89. The molecule has 9 nitrogen and oxygen atoms in total. The Balaban J connectivity index is 1.81. The van der Waals surface area contributed by atoms with Crippen LogP contribution in [0.4, 0.5) is 5.95 Å². The highest BCUT2D eigenvalue weighted by molar-refractivity contribution is 7.89. The van der Waals surface area contributed by atoms with Crippen LogP contribution in [-0.2, 0) is 10.0 Å². The molecular weight excluding hydrogens is 464 g/mol. The van der Waals surface area contributed by atoms with Crippen LogP contribution >= 0.6 is 0 Å². The molecule has 0 unspecified atom stereocenters. The first kappa shape index (κ1) is 25.0. The first-order valence-corrected chi connectivity index (χ1v) is 13.1. The van der Waals surface area contributed by atoms with Gasteiger partial charge in [0.05, 0.1) is 10.4 Å². The molecule has 0 spiro atoms. The Kier molecular flexibility index (Phi) is 7.07. The first-order valence-electron chi connectivity index (χ1n) is 11.7. The Morgan fingerprint density at radius 2 is 1.77 bits per heavy atom. The zero-order valence-corrected chi connectivity index (χ0v) is 21.4. The van der Waals surface area contributed by atoms with Crippen LogP contribution in [0.1, 0.15) is 24.3 Å². The number of nitrogens with two attached hydrogens (primary N) is 1. The molecule has 1 aliphatic heterocycles. The van der Waals surface area contributed by atoms with Crippen molar-refractivity contribution in [3.8, 4) is 11.1 Å². The standard InChI is InChI=1S/C25H32N6O3S/c1-17(2)16-30(4)24(32)23-20-15-18(9-10-21(20)27-25(26)28-23)19-7-5-6-8-22(19)35(33,34)31-13-11-29(3)12-14-31/h5-10,15,17H,11-14,16H2,1-4H3,(H2,26,27,28). The van der Waals surface area contributed by atoms with Gasteiger partial charge in [0.25, 0.3) is 5.91 Å². The molecule has 2 N–H and O–H groups in total. The third-order valence-corrected chi connectivity index (χ3v) is 8.14. The SMILES string of the molecule is CC(C)CN(C)C(=O)c1nc(N)nc2ccc(-c3ccccc3S(=O)(=O)N3CCN(C)CC3)cc12. The number of likely N-dealkylation sites (N-methyl/N-ethyl adjacent to an activating group) is 1. The number of carbonyl (C=O) groups excluding carboxylic acids is 1. The second-order valence-electron chi connectivity index (χ2n) is 9.45. The molecule has 186 valence electrons. The predicted molar refractivity (Wildman–Crippen MR) is 137 cm³/mol. The van der Waals surface area contributed by atoms with Crippen LogP contribution in [0.15, 0.2) is 47.4 Å². The Labute approximate surface area is 206 Å². The summed E-state index contributed by atoms with van der Waals surface area (Å²) in [5.41, 5.74) is 7.88. The van der Waals surface area contributed by atoms with Gasteiger partial charge in [-0.2, -0.15) is 4.31 Å². The minimum absolute atomic E-state index is 0.0181. The van der Waals surface area contributed by atoms with E-state index >= 15 is 0 Å². The minimum atomic E-state index is -3.70. The number of amides is 1. The van der Waals surface area contributed by atoms with Crippen molar-refractivity contribution in [1.82, 2.24) is 24.1 Å². The maximum absolute atomic E-state index is 13.6. The lowest BCUT2D eigenvalue weighted by Gasteiger charge is -2.32. The number of fused-ring (bicyclic) bond motifs is 1. The highest BCUT2D eigenvalue weighted by Gasteiger charge is 2.30. The van der Waals surface area contributed by atoms with Crippen LogP contribution in [0.3, 0.4) is 0 Å². The van der Waals surface area contributed by atoms with Crippen LogP contribution in [0.2, 0.25) is 0 Å². The number of benzene rings is 2. The van der Waals surface area contributed by atoms with E-state index in [1.165, 1.54) is 4.31 Å². The third kappa shape index (κ3) is 5.14. The summed E-state index contributed by atoms with van der Waals surface area (Å²) in [6, 6.07) is 12.3. The molecule has 0 atom stereocenters. The van der Waals surface area contributed by atoms with Crippen LogP contribution < -0.4 is 5.73 Å². The van der Waals surface area contributed by atoms with Crippen molar-refractivity contribution in [2.75, 3.05) is 52.6 Å². The molecule has 2 heterocycles. The molecule has 4 rings (SSSR count). The fourth-order valence-corrected chi connectivity index (χ4v) is 6.02. The van der Waals surface area contributed by atoms with E-state index in [-0.39, 0.29) is 28.4 Å².